The number of aromatic nitrogens is 1. The first-order chi connectivity index (χ1) is 8.76. The number of hydrogen-bond acceptors (Lipinski definition) is 4. The summed E-state index contributed by atoms with van der Waals surface area (Å²) in [7, 11) is 0. The molecule has 0 aliphatic heterocycles. The zero-order valence-electron chi connectivity index (χ0n) is 11.9. The molecular weight excluding hydrogens is 244 g/mol. The van der Waals surface area contributed by atoms with Gasteiger partial charge in [0.15, 0.2) is 0 Å². The Balaban J connectivity index is 2.34. The molecule has 0 aliphatic rings. The average Bonchev–Trinajstić information content (AvgIpc) is 2.77. The largest absolute Gasteiger partial charge is 0.381 e. The molecule has 1 aromatic rings. The maximum Gasteiger partial charge on any atom is 0.0897 e. The van der Waals surface area contributed by atoms with Gasteiger partial charge in [0.05, 0.1) is 10.7 Å². The summed E-state index contributed by atoms with van der Waals surface area (Å²) in [5.74, 6) is 0. The monoisotopic (exact) mass is 270 g/mol. The first-order valence-electron chi connectivity index (χ1n) is 6.98. The minimum atomic E-state index is 0.489. The van der Waals surface area contributed by atoms with Gasteiger partial charge >= 0.3 is 0 Å². The van der Waals surface area contributed by atoms with Crippen LogP contribution in [0.25, 0.3) is 0 Å². The maximum absolute atomic E-state index is 5.58. The lowest BCUT2D eigenvalue weighted by atomic mass is 10.1. The van der Waals surface area contributed by atoms with Crippen LogP contribution in [0.15, 0.2) is 5.38 Å². The van der Waals surface area contributed by atoms with E-state index in [9.17, 15) is 0 Å². The van der Waals surface area contributed by atoms with Crippen molar-refractivity contribution in [1.82, 2.24) is 10.3 Å². The van der Waals surface area contributed by atoms with Crippen LogP contribution < -0.4 is 5.32 Å². The van der Waals surface area contributed by atoms with E-state index in [0.29, 0.717) is 6.04 Å². The molecule has 1 N–H and O–H groups in total. The molecule has 0 fully saturated rings. The van der Waals surface area contributed by atoms with Crippen LogP contribution in [-0.4, -0.2) is 30.8 Å². The molecule has 0 aromatic carbocycles. The van der Waals surface area contributed by atoms with Gasteiger partial charge < -0.3 is 10.1 Å². The first kappa shape index (κ1) is 15.6. The molecule has 104 valence electrons. The highest BCUT2D eigenvalue weighted by Gasteiger charge is 2.10. The molecule has 0 saturated carbocycles. The first-order valence-corrected chi connectivity index (χ1v) is 7.86. The molecule has 0 radical (unpaired) electrons. The van der Waals surface area contributed by atoms with Crippen molar-refractivity contribution in [3.8, 4) is 0 Å². The molecule has 0 saturated heterocycles. The Morgan fingerprint density at radius 2 is 2.17 bits per heavy atom. The van der Waals surface area contributed by atoms with Gasteiger partial charge in [-0.15, -0.1) is 11.3 Å². The van der Waals surface area contributed by atoms with Crippen molar-refractivity contribution in [2.75, 3.05) is 19.8 Å². The third kappa shape index (κ3) is 6.47. The Morgan fingerprint density at radius 3 is 2.78 bits per heavy atom. The number of thiazole rings is 1. The van der Waals surface area contributed by atoms with Gasteiger partial charge in [-0.2, -0.15) is 0 Å². The minimum Gasteiger partial charge on any atom is -0.381 e. The SMILES string of the molecule is CCCNC(CCOCCC)Cc1csc(C)n1. The molecule has 4 heteroatoms. The molecule has 3 nitrogen and oxygen atoms in total. The smallest absolute Gasteiger partial charge is 0.0897 e. The van der Waals surface area contributed by atoms with Crippen molar-refractivity contribution in [1.29, 1.82) is 0 Å². The molecule has 1 unspecified atom stereocenters. The average molecular weight is 270 g/mol. The highest BCUT2D eigenvalue weighted by atomic mass is 32.1. The fourth-order valence-electron chi connectivity index (χ4n) is 1.85. The summed E-state index contributed by atoms with van der Waals surface area (Å²) in [4.78, 5) is 4.54. The van der Waals surface area contributed by atoms with Crippen molar-refractivity contribution in [2.24, 2.45) is 0 Å². The Hall–Kier alpha value is -0.450. The van der Waals surface area contributed by atoms with E-state index in [-0.39, 0.29) is 0 Å². The predicted octanol–water partition coefficient (Wildman–Crippen LogP) is 3.18. The molecule has 1 atom stereocenters. The van der Waals surface area contributed by atoms with Gasteiger partial charge in [-0.25, -0.2) is 4.98 Å². The third-order valence-electron chi connectivity index (χ3n) is 2.76. The van der Waals surface area contributed by atoms with Crippen LogP contribution in [0, 0.1) is 6.92 Å². The van der Waals surface area contributed by atoms with Gasteiger partial charge in [-0.3, -0.25) is 0 Å². The van der Waals surface area contributed by atoms with Gasteiger partial charge in [0.2, 0.25) is 0 Å². The second-order valence-electron chi connectivity index (χ2n) is 4.61. The lowest BCUT2D eigenvalue weighted by Gasteiger charge is -2.17. The van der Waals surface area contributed by atoms with E-state index in [1.165, 1.54) is 12.1 Å². The van der Waals surface area contributed by atoms with Crippen LogP contribution in [0.2, 0.25) is 0 Å². The predicted molar refractivity (Wildman–Crippen MR) is 78.4 cm³/mol. The second-order valence-corrected chi connectivity index (χ2v) is 5.68. The van der Waals surface area contributed by atoms with Crippen molar-refractivity contribution in [3.05, 3.63) is 16.1 Å². The van der Waals surface area contributed by atoms with Crippen LogP contribution in [-0.2, 0) is 11.2 Å². The summed E-state index contributed by atoms with van der Waals surface area (Å²) in [6.07, 6.45) is 4.34. The standard InChI is InChI=1S/C14H26N2OS/c1-4-7-15-13(6-9-17-8-5-2)10-14-11-18-12(3)16-14/h11,13,15H,4-10H2,1-3H3. The van der Waals surface area contributed by atoms with Crippen LogP contribution in [0.3, 0.4) is 0 Å². The summed E-state index contributed by atoms with van der Waals surface area (Å²) >= 11 is 1.73. The molecule has 1 heterocycles. The number of aryl methyl sites for hydroxylation is 1. The number of rotatable bonds is 10. The van der Waals surface area contributed by atoms with E-state index in [2.05, 4.69) is 36.5 Å². The molecule has 1 aromatic heterocycles. The normalized spacial score (nSPS) is 12.8. The molecule has 1 rings (SSSR count). The van der Waals surface area contributed by atoms with Gasteiger partial charge in [-0.1, -0.05) is 13.8 Å². The summed E-state index contributed by atoms with van der Waals surface area (Å²) in [6.45, 7) is 9.19. The summed E-state index contributed by atoms with van der Waals surface area (Å²) in [6, 6.07) is 0.489. The second kappa shape index (κ2) is 9.48. The molecule has 0 bridgehead atoms. The van der Waals surface area contributed by atoms with Gasteiger partial charge in [0.25, 0.3) is 0 Å². The quantitative estimate of drug-likeness (QED) is 0.663. The van der Waals surface area contributed by atoms with E-state index in [1.54, 1.807) is 11.3 Å². The number of nitrogens with zero attached hydrogens (tertiary/aromatic N) is 1. The van der Waals surface area contributed by atoms with Crippen molar-refractivity contribution in [2.45, 2.75) is 52.5 Å². The van der Waals surface area contributed by atoms with E-state index in [4.69, 9.17) is 4.74 Å². The summed E-state index contributed by atoms with van der Waals surface area (Å²) in [5.41, 5.74) is 1.21. The Kier molecular flexibility index (Phi) is 8.22. The number of hydrogen-bond donors (Lipinski definition) is 1. The highest BCUT2D eigenvalue weighted by molar-refractivity contribution is 7.09. The number of nitrogens with one attached hydrogen (secondary N) is 1. The van der Waals surface area contributed by atoms with E-state index in [0.717, 1.165) is 44.0 Å². The zero-order chi connectivity index (χ0) is 13.2. The fraction of sp³-hybridized carbons (Fsp3) is 0.786. The van der Waals surface area contributed by atoms with E-state index >= 15 is 0 Å². The van der Waals surface area contributed by atoms with Crippen molar-refractivity contribution in [3.63, 3.8) is 0 Å². The maximum atomic E-state index is 5.58. The van der Waals surface area contributed by atoms with Crippen molar-refractivity contribution < 1.29 is 4.74 Å². The summed E-state index contributed by atoms with van der Waals surface area (Å²) < 4.78 is 5.58. The van der Waals surface area contributed by atoms with Crippen molar-refractivity contribution >= 4 is 11.3 Å². The third-order valence-corrected chi connectivity index (χ3v) is 3.59. The topological polar surface area (TPSA) is 34.1 Å². The Bertz CT molecular complexity index is 314. The molecule has 0 aliphatic carbocycles. The molecular formula is C14H26N2OS. The summed E-state index contributed by atoms with van der Waals surface area (Å²) in [5, 5.41) is 6.91. The van der Waals surface area contributed by atoms with Gasteiger partial charge in [0.1, 0.15) is 0 Å². The molecule has 0 spiro atoms. The number of ether oxygens (including phenoxy) is 1. The van der Waals surface area contributed by atoms with Crippen LogP contribution in [0.1, 0.15) is 43.8 Å². The van der Waals surface area contributed by atoms with Gasteiger partial charge in [0, 0.05) is 31.1 Å². The molecule has 18 heavy (non-hydrogen) atoms. The Labute approximate surface area is 115 Å². The lowest BCUT2D eigenvalue weighted by molar-refractivity contribution is 0.124. The van der Waals surface area contributed by atoms with E-state index in [1.807, 2.05) is 0 Å². The van der Waals surface area contributed by atoms with Crippen LogP contribution >= 0.6 is 11.3 Å². The van der Waals surface area contributed by atoms with Gasteiger partial charge in [-0.05, 0) is 32.7 Å². The van der Waals surface area contributed by atoms with Crippen LogP contribution in [0.5, 0.6) is 0 Å². The Morgan fingerprint density at radius 1 is 1.33 bits per heavy atom. The lowest BCUT2D eigenvalue weighted by Crippen LogP contribution is -2.33. The molecule has 0 amide bonds. The zero-order valence-corrected chi connectivity index (χ0v) is 12.7. The highest BCUT2D eigenvalue weighted by Crippen LogP contribution is 2.11. The van der Waals surface area contributed by atoms with Crippen LogP contribution in [0.4, 0.5) is 0 Å². The fourth-order valence-corrected chi connectivity index (χ4v) is 2.48. The van der Waals surface area contributed by atoms with E-state index < -0.39 is 0 Å². The minimum absolute atomic E-state index is 0.489.